The Hall–Kier alpha value is -2.94. The van der Waals surface area contributed by atoms with E-state index < -0.39 is 0 Å². The molecule has 0 saturated heterocycles. The van der Waals surface area contributed by atoms with Gasteiger partial charge in [-0.25, -0.2) is 0 Å². The normalized spacial score (nSPS) is 10.7. The summed E-state index contributed by atoms with van der Waals surface area (Å²) in [5, 5.41) is 3.46. The third-order valence-corrected chi connectivity index (χ3v) is 4.39. The molecule has 0 unspecified atom stereocenters. The molecule has 0 saturated carbocycles. The molecule has 0 radical (unpaired) electrons. The Bertz CT molecular complexity index is 829. The Morgan fingerprint density at radius 2 is 1.54 bits per heavy atom. The molecule has 146 valence electrons. The third kappa shape index (κ3) is 6.34. The van der Waals surface area contributed by atoms with Crippen molar-refractivity contribution in [2.24, 2.45) is 0 Å². The highest BCUT2D eigenvalue weighted by atomic mass is 16.5. The Morgan fingerprint density at radius 1 is 0.821 bits per heavy atom. The third-order valence-electron chi connectivity index (χ3n) is 4.39. The minimum Gasteiger partial charge on any atom is -0.494 e. The second-order valence-corrected chi connectivity index (χ2v) is 7.09. The van der Waals surface area contributed by atoms with Crippen molar-refractivity contribution in [1.82, 2.24) is 0 Å². The van der Waals surface area contributed by atoms with Crippen LogP contribution in [0.25, 0.3) is 0 Å². The SMILES string of the molecule is CC(C)Oc1ccccc1CNc1ccc(OCCCc2ccccc2)cc1. The number of rotatable bonds is 10. The van der Waals surface area contributed by atoms with E-state index in [0.29, 0.717) is 0 Å². The molecule has 0 amide bonds. The quantitative estimate of drug-likeness (QED) is 0.435. The lowest BCUT2D eigenvalue weighted by Gasteiger charge is -2.15. The van der Waals surface area contributed by atoms with E-state index in [4.69, 9.17) is 9.47 Å². The van der Waals surface area contributed by atoms with Crippen LogP contribution in [-0.4, -0.2) is 12.7 Å². The van der Waals surface area contributed by atoms with Crippen LogP contribution in [0.5, 0.6) is 11.5 Å². The maximum Gasteiger partial charge on any atom is 0.124 e. The molecule has 3 aromatic carbocycles. The molecule has 3 nitrogen and oxygen atoms in total. The fraction of sp³-hybridized carbons (Fsp3) is 0.280. The average molecular weight is 376 g/mol. The van der Waals surface area contributed by atoms with Gasteiger partial charge in [-0.05, 0) is 62.6 Å². The van der Waals surface area contributed by atoms with Gasteiger partial charge in [0.2, 0.25) is 0 Å². The van der Waals surface area contributed by atoms with Gasteiger partial charge in [0, 0.05) is 17.8 Å². The molecular formula is C25H29NO2. The first-order chi connectivity index (χ1) is 13.7. The standard InChI is InChI=1S/C25H29NO2/c1-20(2)28-25-13-7-6-12-22(25)19-26-23-14-16-24(17-15-23)27-18-8-11-21-9-4-3-5-10-21/h3-7,9-10,12-17,20,26H,8,11,18-19H2,1-2H3. The zero-order valence-corrected chi connectivity index (χ0v) is 16.7. The lowest BCUT2D eigenvalue weighted by Crippen LogP contribution is -2.09. The highest BCUT2D eigenvalue weighted by molar-refractivity contribution is 5.48. The van der Waals surface area contributed by atoms with Crippen LogP contribution in [-0.2, 0) is 13.0 Å². The van der Waals surface area contributed by atoms with Crippen molar-refractivity contribution in [1.29, 1.82) is 0 Å². The molecule has 0 fully saturated rings. The van der Waals surface area contributed by atoms with Crippen LogP contribution in [0.3, 0.4) is 0 Å². The van der Waals surface area contributed by atoms with Gasteiger partial charge in [-0.2, -0.15) is 0 Å². The Labute approximate surface area is 168 Å². The smallest absolute Gasteiger partial charge is 0.124 e. The van der Waals surface area contributed by atoms with Crippen LogP contribution < -0.4 is 14.8 Å². The molecule has 0 aliphatic carbocycles. The summed E-state index contributed by atoms with van der Waals surface area (Å²) < 4.78 is 11.7. The number of anilines is 1. The summed E-state index contributed by atoms with van der Waals surface area (Å²) in [6.45, 7) is 5.54. The van der Waals surface area contributed by atoms with E-state index in [2.05, 4.69) is 47.8 Å². The van der Waals surface area contributed by atoms with Crippen molar-refractivity contribution in [2.75, 3.05) is 11.9 Å². The summed E-state index contributed by atoms with van der Waals surface area (Å²) in [6, 6.07) is 26.8. The Balaban J connectivity index is 1.44. The van der Waals surface area contributed by atoms with Gasteiger partial charge in [-0.15, -0.1) is 0 Å². The Morgan fingerprint density at radius 3 is 2.29 bits per heavy atom. The number of benzene rings is 3. The first-order valence-corrected chi connectivity index (χ1v) is 9.96. The first kappa shape index (κ1) is 19.8. The summed E-state index contributed by atoms with van der Waals surface area (Å²) in [4.78, 5) is 0. The summed E-state index contributed by atoms with van der Waals surface area (Å²) in [5.41, 5.74) is 3.57. The van der Waals surface area contributed by atoms with E-state index in [1.54, 1.807) is 0 Å². The fourth-order valence-corrected chi connectivity index (χ4v) is 3.00. The van der Waals surface area contributed by atoms with E-state index in [1.165, 1.54) is 5.56 Å². The van der Waals surface area contributed by atoms with E-state index in [-0.39, 0.29) is 6.10 Å². The van der Waals surface area contributed by atoms with Crippen LogP contribution in [0.4, 0.5) is 5.69 Å². The van der Waals surface area contributed by atoms with Crippen molar-refractivity contribution >= 4 is 5.69 Å². The van der Waals surface area contributed by atoms with Crippen molar-refractivity contribution < 1.29 is 9.47 Å². The van der Waals surface area contributed by atoms with Crippen molar-refractivity contribution in [3.63, 3.8) is 0 Å². The largest absolute Gasteiger partial charge is 0.494 e. The van der Waals surface area contributed by atoms with Crippen LogP contribution in [0.2, 0.25) is 0 Å². The minimum absolute atomic E-state index is 0.166. The maximum absolute atomic E-state index is 5.88. The molecule has 3 aromatic rings. The molecule has 0 aromatic heterocycles. The van der Waals surface area contributed by atoms with Gasteiger partial charge in [-0.3, -0.25) is 0 Å². The molecule has 28 heavy (non-hydrogen) atoms. The molecule has 0 aliphatic rings. The summed E-state index contributed by atoms with van der Waals surface area (Å²) in [5.74, 6) is 1.84. The number of hydrogen-bond donors (Lipinski definition) is 1. The molecule has 0 heterocycles. The topological polar surface area (TPSA) is 30.5 Å². The minimum atomic E-state index is 0.166. The van der Waals surface area contributed by atoms with Gasteiger partial charge >= 0.3 is 0 Å². The van der Waals surface area contributed by atoms with Crippen molar-refractivity contribution in [2.45, 2.75) is 39.3 Å². The summed E-state index contributed by atoms with van der Waals surface area (Å²) in [7, 11) is 0. The van der Waals surface area contributed by atoms with Gasteiger partial charge < -0.3 is 14.8 Å². The second-order valence-electron chi connectivity index (χ2n) is 7.09. The predicted molar refractivity (Wildman–Crippen MR) is 116 cm³/mol. The number of aryl methyl sites for hydroxylation is 1. The number of ether oxygens (including phenoxy) is 2. The molecular weight excluding hydrogens is 346 g/mol. The zero-order valence-electron chi connectivity index (χ0n) is 16.7. The number of para-hydroxylation sites is 1. The molecule has 0 bridgehead atoms. The monoisotopic (exact) mass is 375 g/mol. The van der Waals surface area contributed by atoms with Gasteiger partial charge in [0.15, 0.2) is 0 Å². The average Bonchev–Trinajstić information content (AvgIpc) is 2.72. The van der Waals surface area contributed by atoms with Crippen molar-refractivity contribution in [3.8, 4) is 11.5 Å². The van der Waals surface area contributed by atoms with Crippen LogP contribution in [0.1, 0.15) is 31.4 Å². The van der Waals surface area contributed by atoms with E-state index >= 15 is 0 Å². The van der Waals surface area contributed by atoms with E-state index in [9.17, 15) is 0 Å². The van der Waals surface area contributed by atoms with E-state index in [0.717, 1.165) is 48.7 Å². The lowest BCUT2D eigenvalue weighted by molar-refractivity contribution is 0.240. The molecule has 0 aliphatic heterocycles. The van der Waals surface area contributed by atoms with Gasteiger partial charge in [0.1, 0.15) is 11.5 Å². The van der Waals surface area contributed by atoms with Crippen LogP contribution in [0, 0.1) is 0 Å². The molecule has 3 rings (SSSR count). The fourth-order valence-electron chi connectivity index (χ4n) is 3.00. The van der Waals surface area contributed by atoms with Crippen LogP contribution in [0.15, 0.2) is 78.9 Å². The zero-order chi connectivity index (χ0) is 19.6. The lowest BCUT2D eigenvalue weighted by atomic mass is 10.1. The van der Waals surface area contributed by atoms with Crippen LogP contribution >= 0.6 is 0 Å². The molecule has 3 heteroatoms. The maximum atomic E-state index is 5.88. The first-order valence-electron chi connectivity index (χ1n) is 9.96. The molecule has 0 spiro atoms. The molecule has 0 atom stereocenters. The van der Waals surface area contributed by atoms with Gasteiger partial charge in [-0.1, -0.05) is 48.5 Å². The van der Waals surface area contributed by atoms with Gasteiger partial charge in [0.25, 0.3) is 0 Å². The summed E-state index contributed by atoms with van der Waals surface area (Å²) >= 11 is 0. The summed E-state index contributed by atoms with van der Waals surface area (Å²) in [6.07, 6.45) is 2.22. The predicted octanol–water partition coefficient (Wildman–Crippen LogP) is 6.10. The highest BCUT2D eigenvalue weighted by Crippen LogP contribution is 2.22. The number of nitrogens with one attached hydrogen (secondary N) is 1. The van der Waals surface area contributed by atoms with Crippen molar-refractivity contribution in [3.05, 3.63) is 90.0 Å². The number of hydrogen-bond acceptors (Lipinski definition) is 3. The van der Waals surface area contributed by atoms with Gasteiger partial charge in [0.05, 0.1) is 12.7 Å². The Kier molecular flexibility index (Phi) is 7.36. The highest BCUT2D eigenvalue weighted by Gasteiger charge is 2.05. The second kappa shape index (κ2) is 10.4. The molecule has 1 N–H and O–H groups in total. The van der Waals surface area contributed by atoms with E-state index in [1.807, 2.05) is 50.2 Å².